The van der Waals surface area contributed by atoms with E-state index in [1.54, 1.807) is 19.1 Å². The lowest BCUT2D eigenvalue weighted by atomic mass is 9.96. The Balaban J connectivity index is 1.69. The lowest BCUT2D eigenvalue weighted by Crippen LogP contribution is -2.57. The second kappa shape index (κ2) is 10.1. The zero-order valence-corrected chi connectivity index (χ0v) is 19.0. The summed E-state index contributed by atoms with van der Waals surface area (Å²) in [5.41, 5.74) is 1.69. The van der Waals surface area contributed by atoms with Crippen molar-refractivity contribution in [3.05, 3.63) is 59.7 Å². The molecule has 2 amide bonds. The van der Waals surface area contributed by atoms with Crippen LogP contribution in [0.15, 0.2) is 48.5 Å². The fourth-order valence-electron chi connectivity index (χ4n) is 4.93. The summed E-state index contributed by atoms with van der Waals surface area (Å²) >= 11 is 0. The van der Waals surface area contributed by atoms with Gasteiger partial charge in [-0.15, -0.1) is 0 Å². The molecule has 6 heteroatoms. The maximum atomic E-state index is 13.9. The first-order chi connectivity index (χ1) is 15.6. The Bertz CT molecular complexity index is 935. The van der Waals surface area contributed by atoms with Gasteiger partial charge in [-0.2, -0.15) is 0 Å². The zero-order chi connectivity index (χ0) is 22.5. The Morgan fingerprint density at radius 1 is 0.875 bits per heavy atom. The highest BCUT2D eigenvalue weighted by atomic mass is 16.5. The van der Waals surface area contributed by atoms with Gasteiger partial charge >= 0.3 is 0 Å². The summed E-state index contributed by atoms with van der Waals surface area (Å²) in [6, 6.07) is 14.6. The maximum Gasteiger partial charge on any atom is 0.250 e. The van der Waals surface area contributed by atoms with E-state index in [0.717, 1.165) is 42.6 Å². The predicted octanol–water partition coefficient (Wildman–Crippen LogP) is 4.34. The van der Waals surface area contributed by atoms with Crippen LogP contribution in [-0.2, 0) is 16.1 Å². The number of benzene rings is 2. The molecule has 2 fully saturated rings. The molecule has 4 rings (SSSR count). The first kappa shape index (κ1) is 22.2. The van der Waals surface area contributed by atoms with E-state index in [0.29, 0.717) is 12.3 Å². The maximum absolute atomic E-state index is 13.9. The standard InChI is InChI=1S/C26H32N2O4/c1-31-22-15-13-19(14-16-22)25-26(30)27(21-10-5-3-4-6-11-21)18-24(29)28(25)17-20-9-7-8-12-23(20)32-2/h7-9,12-16,21,25H,3-6,10-11,17-18H2,1-2H3. The van der Waals surface area contributed by atoms with Crippen LogP contribution in [0.4, 0.5) is 0 Å². The number of ether oxygens (including phenoxy) is 2. The molecule has 6 nitrogen and oxygen atoms in total. The minimum absolute atomic E-state index is 0.0107. The van der Waals surface area contributed by atoms with Gasteiger partial charge in [0, 0.05) is 11.6 Å². The van der Waals surface area contributed by atoms with Crippen molar-refractivity contribution in [1.29, 1.82) is 0 Å². The normalized spacial score (nSPS) is 20.2. The van der Waals surface area contributed by atoms with E-state index in [4.69, 9.17) is 9.47 Å². The number of piperazine rings is 1. The molecule has 1 saturated heterocycles. The van der Waals surface area contributed by atoms with Gasteiger partial charge in [0.15, 0.2) is 0 Å². The number of carbonyl (C=O) groups is 2. The third-order valence-corrected chi connectivity index (χ3v) is 6.68. The number of methoxy groups -OCH3 is 2. The van der Waals surface area contributed by atoms with E-state index >= 15 is 0 Å². The summed E-state index contributed by atoms with van der Waals surface area (Å²) < 4.78 is 10.8. The highest BCUT2D eigenvalue weighted by molar-refractivity contribution is 5.95. The molecule has 1 aliphatic heterocycles. The molecular weight excluding hydrogens is 404 g/mol. The van der Waals surface area contributed by atoms with Gasteiger partial charge in [-0.3, -0.25) is 9.59 Å². The molecule has 0 bridgehead atoms. The Kier molecular flexibility index (Phi) is 6.98. The molecule has 170 valence electrons. The van der Waals surface area contributed by atoms with E-state index in [1.165, 1.54) is 12.8 Å². The summed E-state index contributed by atoms with van der Waals surface area (Å²) in [5.74, 6) is 1.42. The average Bonchev–Trinajstić information content (AvgIpc) is 3.11. The van der Waals surface area contributed by atoms with Crippen molar-refractivity contribution < 1.29 is 19.1 Å². The lowest BCUT2D eigenvalue weighted by Gasteiger charge is -2.43. The molecule has 1 atom stereocenters. The van der Waals surface area contributed by atoms with Gasteiger partial charge in [0.05, 0.1) is 20.8 Å². The van der Waals surface area contributed by atoms with Crippen LogP contribution < -0.4 is 9.47 Å². The van der Waals surface area contributed by atoms with Crippen LogP contribution >= 0.6 is 0 Å². The molecule has 1 aliphatic carbocycles. The number of amides is 2. The zero-order valence-electron chi connectivity index (χ0n) is 19.0. The molecule has 2 aromatic rings. The summed E-state index contributed by atoms with van der Waals surface area (Å²) in [6.07, 6.45) is 6.58. The summed E-state index contributed by atoms with van der Waals surface area (Å²) in [5, 5.41) is 0. The largest absolute Gasteiger partial charge is 0.497 e. The Hall–Kier alpha value is -3.02. The van der Waals surface area contributed by atoms with E-state index in [-0.39, 0.29) is 24.4 Å². The first-order valence-electron chi connectivity index (χ1n) is 11.5. The lowest BCUT2D eigenvalue weighted by molar-refractivity contribution is -0.159. The highest BCUT2D eigenvalue weighted by Gasteiger charge is 2.43. The van der Waals surface area contributed by atoms with Crippen LogP contribution in [0.1, 0.15) is 55.7 Å². The molecule has 0 spiro atoms. The number of hydrogen-bond acceptors (Lipinski definition) is 4. The van der Waals surface area contributed by atoms with Crippen LogP contribution in [-0.4, -0.2) is 48.4 Å². The van der Waals surface area contributed by atoms with Crippen LogP contribution in [0.5, 0.6) is 11.5 Å². The molecule has 1 unspecified atom stereocenters. The monoisotopic (exact) mass is 436 g/mol. The smallest absolute Gasteiger partial charge is 0.250 e. The molecule has 1 heterocycles. The summed E-state index contributed by atoms with van der Waals surface area (Å²) in [7, 11) is 3.24. The van der Waals surface area contributed by atoms with Crippen LogP contribution in [0, 0.1) is 0 Å². The van der Waals surface area contributed by atoms with Gasteiger partial charge in [0.1, 0.15) is 24.1 Å². The number of nitrogens with zero attached hydrogens (tertiary/aromatic N) is 2. The first-order valence-corrected chi connectivity index (χ1v) is 11.5. The van der Waals surface area contributed by atoms with Crippen molar-refractivity contribution in [2.75, 3.05) is 20.8 Å². The second-order valence-electron chi connectivity index (χ2n) is 8.62. The fourth-order valence-corrected chi connectivity index (χ4v) is 4.93. The third kappa shape index (κ3) is 4.59. The highest BCUT2D eigenvalue weighted by Crippen LogP contribution is 2.34. The number of rotatable bonds is 6. The Morgan fingerprint density at radius 3 is 2.22 bits per heavy atom. The molecule has 1 saturated carbocycles. The molecule has 2 aliphatic rings. The van der Waals surface area contributed by atoms with E-state index in [1.807, 2.05) is 53.4 Å². The van der Waals surface area contributed by atoms with Crippen LogP contribution in [0.3, 0.4) is 0 Å². The minimum atomic E-state index is -0.657. The van der Waals surface area contributed by atoms with Gasteiger partial charge in [0.2, 0.25) is 5.91 Å². The molecule has 0 N–H and O–H groups in total. The Labute approximate surface area is 190 Å². The predicted molar refractivity (Wildman–Crippen MR) is 122 cm³/mol. The van der Waals surface area contributed by atoms with E-state index in [2.05, 4.69) is 0 Å². The van der Waals surface area contributed by atoms with Crippen molar-refractivity contribution in [3.8, 4) is 11.5 Å². The quantitative estimate of drug-likeness (QED) is 0.632. The summed E-state index contributed by atoms with van der Waals surface area (Å²) in [6.45, 7) is 0.467. The minimum Gasteiger partial charge on any atom is -0.497 e. The topological polar surface area (TPSA) is 59.1 Å². The van der Waals surface area contributed by atoms with Gasteiger partial charge in [0.25, 0.3) is 5.91 Å². The van der Waals surface area contributed by atoms with E-state index < -0.39 is 6.04 Å². The van der Waals surface area contributed by atoms with Gasteiger partial charge in [-0.25, -0.2) is 0 Å². The number of hydrogen-bond donors (Lipinski definition) is 0. The molecule has 0 aromatic heterocycles. The van der Waals surface area contributed by atoms with Crippen molar-refractivity contribution >= 4 is 11.8 Å². The van der Waals surface area contributed by atoms with Crippen molar-refractivity contribution in [2.24, 2.45) is 0 Å². The van der Waals surface area contributed by atoms with Crippen molar-refractivity contribution in [3.63, 3.8) is 0 Å². The summed E-state index contributed by atoms with van der Waals surface area (Å²) in [4.78, 5) is 30.9. The van der Waals surface area contributed by atoms with Crippen molar-refractivity contribution in [2.45, 2.75) is 57.2 Å². The SMILES string of the molecule is COc1ccc(C2C(=O)N(C3CCCCCC3)CC(=O)N2Cc2ccccc2OC)cc1. The average molecular weight is 437 g/mol. The third-order valence-electron chi connectivity index (χ3n) is 6.68. The van der Waals surface area contributed by atoms with E-state index in [9.17, 15) is 9.59 Å². The molecule has 2 aromatic carbocycles. The van der Waals surface area contributed by atoms with Crippen LogP contribution in [0.25, 0.3) is 0 Å². The fraction of sp³-hybridized carbons (Fsp3) is 0.462. The number of carbonyl (C=O) groups excluding carboxylic acids is 2. The Morgan fingerprint density at radius 2 is 1.56 bits per heavy atom. The molecular formula is C26H32N2O4. The molecule has 32 heavy (non-hydrogen) atoms. The second-order valence-corrected chi connectivity index (χ2v) is 8.62. The van der Waals surface area contributed by atoms with Gasteiger partial charge in [-0.05, 0) is 36.6 Å². The van der Waals surface area contributed by atoms with Gasteiger partial charge in [-0.1, -0.05) is 56.0 Å². The van der Waals surface area contributed by atoms with Crippen molar-refractivity contribution in [1.82, 2.24) is 9.80 Å². The number of para-hydroxylation sites is 1. The molecule has 0 radical (unpaired) electrons. The van der Waals surface area contributed by atoms with Crippen LogP contribution in [0.2, 0.25) is 0 Å². The van der Waals surface area contributed by atoms with Gasteiger partial charge < -0.3 is 19.3 Å².